The van der Waals surface area contributed by atoms with Crippen molar-refractivity contribution in [2.24, 2.45) is 4.99 Å². The maximum absolute atomic E-state index is 5.44. The van der Waals surface area contributed by atoms with Crippen LogP contribution in [0.15, 0.2) is 33.7 Å². The molecule has 5 nitrogen and oxygen atoms in total. The van der Waals surface area contributed by atoms with Gasteiger partial charge in [-0.15, -0.1) is 0 Å². The molecule has 128 valence electrons. The molecule has 0 saturated heterocycles. The molecule has 1 fully saturated rings. The van der Waals surface area contributed by atoms with Crippen LogP contribution in [-0.4, -0.2) is 52.5 Å². The van der Waals surface area contributed by atoms with Crippen molar-refractivity contribution in [3.05, 3.63) is 34.3 Å². The van der Waals surface area contributed by atoms with E-state index in [-0.39, 0.29) is 0 Å². The van der Waals surface area contributed by atoms with E-state index in [9.17, 15) is 0 Å². The van der Waals surface area contributed by atoms with E-state index in [1.807, 2.05) is 0 Å². The molecular weight excluding hydrogens is 358 g/mol. The first-order chi connectivity index (χ1) is 11.2. The average molecular weight is 384 g/mol. The zero-order chi connectivity index (χ0) is 16.5. The van der Waals surface area contributed by atoms with E-state index in [1.54, 1.807) is 14.2 Å². The molecule has 0 aliphatic heterocycles. The van der Waals surface area contributed by atoms with Gasteiger partial charge in [0.25, 0.3) is 0 Å². The molecule has 2 atom stereocenters. The Bertz CT molecular complexity index is 493. The maximum Gasteiger partial charge on any atom is 0.191 e. The van der Waals surface area contributed by atoms with Crippen molar-refractivity contribution in [2.75, 3.05) is 40.5 Å². The highest BCUT2D eigenvalue weighted by Gasteiger charge is 2.38. The predicted octanol–water partition coefficient (Wildman–Crippen LogP) is 2.52. The Kier molecular flexibility index (Phi) is 7.85. The van der Waals surface area contributed by atoms with E-state index in [2.05, 4.69) is 55.8 Å². The lowest BCUT2D eigenvalue weighted by molar-refractivity contribution is 0.0698. The lowest BCUT2D eigenvalue weighted by atomic mass is 10.1. The Balaban J connectivity index is 1.62. The lowest BCUT2D eigenvalue weighted by Crippen LogP contribution is -2.39. The van der Waals surface area contributed by atoms with Crippen LogP contribution in [-0.2, 0) is 9.47 Å². The fraction of sp³-hybridized carbons (Fsp3) is 0.588. The summed E-state index contributed by atoms with van der Waals surface area (Å²) in [6, 6.07) is 9.04. The number of hydrogen-bond donors (Lipinski definition) is 2. The number of benzene rings is 1. The number of methoxy groups -OCH3 is 1. The van der Waals surface area contributed by atoms with Gasteiger partial charge in [-0.05, 0) is 30.5 Å². The molecule has 0 amide bonds. The van der Waals surface area contributed by atoms with E-state index in [1.165, 1.54) is 5.56 Å². The van der Waals surface area contributed by atoms with Crippen LogP contribution in [0.1, 0.15) is 24.3 Å². The largest absolute Gasteiger partial charge is 0.382 e. The van der Waals surface area contributed by atoms with E-state index >= 15 is 0 Å². The molecule has 0 bridgehead atoms. The molecule has 1 aromatic carbocycles. The summed E-state index contributed by atoms with van der Waals surface area (Å²) in [5.41, 5.74) is 1.38. The van der Waals surface area contributed by atoms with Gasteiger partial charge in [-0.1, -0.05) is 28.1 Å². The number of hydrogen-bond acceptors (Lipinski definition) is 3. The van der Waals surface area contributed by atoms with E-state index in [0.29, 0.717) is 25.2 Å². The minimum absolute atomic E-state index is 0.473. The Morgan fingerprint density at radius 1 is 1.26 bits per heavy atom. The Morgan fingerprint density at radius 3 is 2.74 bits per heavy atom. The highest BCUT2D eigenvalue weighted by Crippen LogP contribution is 2.40. The first-order valence-electron chi connectivity index (χ1n) is 8.04. The fourth-order valence-corrected chi connectivity index (χ4v) is 2.69. The third-order valence-electron chi connectivity index (χ3n) is 3.82. The molecule has 2 N–H and O–H groups in total. The first-order valence-corrected chi connectivity index (χ1v) is 8.83. The number of halogens is 1. The second kappa shape index (κ2) is 9.90. The lowest BCUT2D eigenvalue weighted by Gasteiger charge is -2.12. The van der Waals surface area contributed by atoms with Gasteiger partial charge in [-0.3, -0.25) is 4.99 Å². The number of ether oxygens (including phenoxy) is 2. The van der Waals surface area contributed by atoms with Crippen molar-refractivity contribution in [2.45, 2.75) is 24.8 Å². The van der Waals surface area contributed by atoms with Crippen LogP contribution < -0.4 is 10.6 Å². The number of aliphatic imine (C=N–C) groups is 1. The summed E-state index contributed by atoms with van der Waals surface area (Å²) in [5.74, 6) is 1.45. The van der Waals surface area contributed by atoms with Gasteiger partial charge in [-0.25, -0.2) is 0 Å². The smallest absolute Gasteiger partial charge is 0.191 e. The van der Waals surface area contributed by atoms with Crippen LogP contribution in [0, 0.1) is 0 Å². The van der Waals surface area contributed by atoms with Crippen molar-refractivity contribution in [3.63, 3.8) is 0 Å². The van der Waals surface area contributed by atoms with Gasteiger partial charge >= 0.3 is 0 Å². The summed E-state index contributed by atoms with van der Waals surface area (Å²) >= 11 is 3.47. The molecule has 2 rings (SSSR count). The highest BCUT2D eigenvalue weighted by atomic mass is 79.9. The molecular formula is C17H26BrN3O2. The Labute approximate surface area is 147 Å². The number of nitrogens with zero attached hydrogens (tertiary/aromatic N) is 1. The Hall–Kier alpha value is -1.11. The minimum atomic E-state index is 0.473. The standard InChI is InChI=1S/C17H26BrN3O2/c1-19-17(20-8-3-9-23-11-10-22-2)21-16-12-15(16)13-4-6-14(18)7-5-13/h4-7,15-16H,3,8-12H2,1-2H3,(H2,19,20,21). The van der Waals surface area contributed by atoms with Gasteiger partial charge in [0.1, 0.15) is 0 Å². The van der Waals surface area contributed by atoms with Crippen molar-refractivity contribution in [3.8, 4) is 0 Å². The van der Waals surface area contributed by atoms with Gasteiger partial charge in [0.15, 0.2) is 5.96 Å². The minimum Gasteiger partial charge on any atom is -0.382 e. The van der Waals surface area contributed by atoms with Crippen molar-refractivity contribution < 1.29 is 9.47 Å². The molecule has 0 heterocycles. The number of rotatable bonds is 9. The van der Waals surface area contributed by atoms with Gasteiger partial charge < -0.3 is 20.1 Å². The highest BCUT2D eigenvalue weighted by molar-refractivity contribution is 9.10. The summed E-state index contributed by atoms with van der Waals surface area (Å²) in [6.07, 6.45) is 2.10. The topological polar surface area (TPSA) is 54.9 Å². The molecule has 1 aliphatic carbocycles. The van der Waals surface area contributed by atoms with E-state index in [0.717, 1.165) is 36.4 Å². The van der Waals surface area contributed by atoms with E-state index in [4.69, 9.17) is 9.47 Å². The summed E-state index contributed by atoms with van der Waals surface area (Å²) < 4.78 is 11.5. The van der Waals surface area contributed by atoms with Crippen LogP contribution in [0.3, 0.4) is 0 Å². The molecule has 23 heavy (non-hydrogen) atoms. The molecule has 1 aliphatic rings. The van der Waals surface area contributed by atoms with Crippen molar-refractivity contribution in [1.82, 2.24) is 10.6 Å². The van der Waals surface area contributed by atoms with Crippen molar-refractivity contribution in [1.29, 1.82) is 0 Å². The van der Waals surface area contributed by atoms with Gasteiger partial charge in [0.05, 0.1) is 13.2 Å². The van der Waals surface area contributed by atoms with Gasteiger partial charge in [0.2, 0.25) is 0 Å². The first kappa shape index (κ1) is 18.2. The van der Waals surface area contributed by atoms with Crippen molar-refractivity contribution >= 4 is 21.9 Å². The summed E-state index contributed by atoms with van der Waals surface area (Å²) in [7, 11) is 3.49. The van der Waals surface area contributed by atoms with Gasteiger partial charge in [-0.2, -0.15) is 0 Å². The number of guanidine groups is 1. The zero-order valence-corrected chi connectivity index (χ0v) is 15.4. The summed E-state index contributed by atoms with van der Waals surface area (Å²) in [5, 5.41) is 6.81. The third-order valence-corrected chi connectivity index (χ3v) is 4.35. The summed E-state index contributed by atoms with van der Waals surface area (Å²) in [6.45, 7) is 2.89. The molecule has 6 heteroatoms. The molecule has 0 radical (unpaired) electrons. The fourth-order valence-electron chi connectivity index (χ4n) is 2.43. The SMILES string of the molecule is CN=C(NCCCOCCOC)NC1CC1c1ccc(Br)cc1. The predicted molar refractivity (Wildman–Crippen MR) is 97.1 cm³/mol. The van der Waals surface area contributed by atoms with Crippen LogP contribution in [0.25, 0.3) is 0 Å². The van der Waals surface area contributed by atoms with E-state index < -0.39 is 0 Å². The normalized spacial score (nSPS) is 20.4. The summed E-state index contributed by atoms with van der Waals surface area (Å²) in [4.78, 5) is 4.28. The molecule has 0 aromatic heterocycles. The maximum atomic E-state index is 5.44. The average Bonchev–Trinajstić information content (AvgIpc) is 3.32. The van der Waals surface area contributed by atoms with Crippen LogP contribution >= 0.6 is 15.9 Å². The van der Waals surface area contributed by atoms with Crippen LogP contribution in [0.4, 0.5) is 0 Å². The Morgan fingerprint density at radius 2 is 2.04 bits per heavy atom. The van der Waals surface area contributed by atoms with Gasteiger partial charge in [0, 0.05) is 43.7 Å². The molecule has 2 unspecified atom stereocenters. The third kappa shape index (κ3) is 6.49. The van der Waals surface area contributed by atoms with Crippen LogP contribution in [0.5, 0.6) is 0 Å². The quantitative estimate of drug-likeness (QED) is 0.390. The molecule has 0 spiro atoms. The number of nitrogens with one attached hydrogen (secondary N) is 2. The molecule has 1 aromatic rings. The molecule has 1 saturated carbocycles. The second-order valence-corrected chi connectivity index (χ2v) is 6.52. The zero-order valence-electron chi connectivity index (χ0n) is 13.8. The van der Waals surface area contributed by atoms with Crippen LogP contribution in [0.2, 0.25) is 0 Å². The monoisotopic (exact) mass is 383 g/mol. The second-order valence-electron chi connectivity index (χ2n) is 5.60.